The normalized spacial score (nSPS) is 13.8. The van der Waals surface area contributed by atoms with Crippen LogP contribution in [0.2, 0.25) is 0 Å². The fourth-order valence-electron chi connectivity index (χ4n) is 2.39. The van der Waals surface area contributed by atoms with Gasteiger partial charge in [-0.2, -0.15) is 0 Å². The number of nitrogens with zero attached hydrogens (tertiary/aromatic N) is 1. The molecule has 0 bridgehead atoms. The average molecular weight is 304 g/mol. The molecule has 118 valence electrons. The van der Waals surface area contributed by atoms with Crippen molar-refractivity contribution in [1.29, 1.82) is 0 Å². The van der Waals surface area contributed by atoms with Gasteiger partial charge in [-0.1, -0.05) is 0 Å². The third-order valence-corrected chi connectivity index (χ3v) is 3.65. The molecule has 6 nitrogen and oxygen atoms in total. The topological polar surface area (TPSA) is 75.7 Å². The monoisotopic (exact) mass is 304 g/mol. The van der Waals surface area contributed by atoms with Crippen LogP contribution in [0.4, 0.5) is 0 Å². The van der Waals surface area contributed by atoms with Crippen LogP contribution in [-0.4, -0.2) is 49.4 Å². The predicted molar refractivity (Wildman–Crippen MR) is 80.5 cm³/mol. The summed E-state index contributed by atoms with van der Waals surface area (Å²) in [6.45, 7) is 1.95. The Bertz CT molecular complexity index is 548. The van der Waals surface area contributed by atoms with Gasteiger partial charge in [-0.15, -0.1) is 0 Å². The number of benzene rings is 1. The zero-order valence-corrected chi connectivity index (χ0v) is 12.6. The van der Waals surface area contributed by atoms with Crippen LogP contribution in [-0.2, 0) is 9.53 Å². The first-order valence-corrected chi connectivity index (χ1v) is 7.36. The molecule has 1 aromatic carbocycles. The van der Waals surface area contributed by atoms with E-state index in [4.69, 9.17) is 0 Å². The van der Waals surface area contributed by atoms with Crippen molar-refractivity contribution >= 4 is 17.8 Å². The maximum Gasteiger partial charge on any atom is 0.337 e. The quantitative estimate of drug-likeness (QED) is 0.830. The summed E-state index contributed by atoms with van der Waals surface area (Å²) in [4.78, 5) is 36.9. The van der Waals surface area contributed by atoms with E-state index >= 15 is 0 Å². The Morgan fingerprint density at radius 1 is 1.09 bits per heavy atom. The first-order valence-electron chi connectivity index (χ1n) is 7.36. The molecule has 2 amide bonds. The second-order valence-corrected chi connectivity index (χ2v) is 5.16. The van der Waals surface area contributed by atoms with Crippen LogP contribution >= 0.6 is 0 Å². The summed E-state index contributed by atoms with van der Waals surface area (Å²) in [5.74, 6) is -0.618. The van der Waals surface area contributed by atoms with E-state index in [1.807, 2.05) is 4.90 Å². The molecule has 0 spiro atoms. The largest absolute Gasteiger partial charge is 0.465 e. The minimum atomic E-state index is -0.442. The minimum absolute atomic E-state index is 0.0823. The third-order valence-electron chi connectivity index (χ3n) is 3.65. The Morgan fingerprint density at radius 3 is 2.27 bits per heavy atom. The van der Waals surface area contributed by atoms with Gasteiger partial charge in [0.15, 0.2) is 0 Å². The van der Waals surface area contributed by atoms with Crippen molar-refractivity contribution in [3.05, 3.63) is 35.4 Å². The van der Waals surface area contributed by atoms with Gasteiger partial charge in [-0.3, -0.25) is 9.59 Å². The number of nitrogens with one attached hydrogen (secondary N) is 1. The second-order valence-electron chi connectivity index (χ2n) is 5.16. The van der Waals surface area contributed by atoms with E-state index < -0.39 is 5.97 Å². The smallest absolute Gasteiger partial charge is 0.337 e. The number of rotatable bonds is 5. The first-order chi connectivity index (χ1) is 10.6. The van der Waals surface area contributed by atoms with E-state index in [2.05, 4.69) is 10.1 Å². The van der Waals surface area contributed by atoms with E-state index in [9.17, 15) is 14.4 Å². The molecule has 1 aromatic rings. The zero-order chi connectivity index (χ0) is 15.9. The third kappa shape index (κ3) is 4.07. The van der Waals surface area contributed by atoms with Crippen molar-refractivity contribution in [2.45, 2.75) is 19.3 Å². The summed E-state index contributed by atoms with van der Waals surface area (Å²) in [6, 6.07) is 6.19. The van der Waals surface area contributed by atoms with Crippen molar-refractivity contribution in [3.8, 4) is 0 Å². The molecular formula is C16H20N2O4. The zero-order valence-electron chi connectivity index (χ0n) is 12.6. The Kier molecular flexibility index (Phi) is 5.52. The molecule has 0 atom stereocenters. The summed E-state index contributed by atoms with van der Waals surface area (Å²) >= 11 is 0. The second kappa shape index (κ2) is 7.59. The minimum Gasteiger partial charge on any atom is -0.465 e. The fourth-order valence-corrected chi connectivity index (χ4v) is 2.39. The molecule has 0 aliphatic carbocycles. The number of likely N-dealkylation sites (tertiary alicyclic amines) is 1. The van der Waals surface area contributed by atoms with Gasteiger partial charge in [-0.05, 0) is 37.1 Å². The van der Waals surface area contributed by atoms with Gasteiger partial charge in [0.05, 0.1) is 12.7 Å². The molecule has 0 unspecified atom stereocenters. The summed E-state index contributed by atoms with van der Waals surface area (Å²) < 4.78 is 4.59. The van der Waals surface area contributed by atoms with Crippen molar-refractivity contribution in [3.63, 3.8) is 0 Å². The van der Waals surface area contributed by atoms with Crippen molar-refractivity contribution < 1.29 is 19.1 Å². The van der Waals surface area contributed by atoms with Crippen LogP contribution in [0.25, 0.3) is 0 Å². The predicted octanol–water partition coefficient (Wildman–Crippen LogP) is 1.22. The molecule has 1 saturated heterocycles. The Balaban J connectivity index is 1.79. The van der Waals surface area contributed by atoms with E-state index in [1.165, 1.54) is 19.2 Å². The van der Waals surface area contributed by atoms with Gasteiger partial charge in [0.25, 0.3) is 5.91 Å². The van der Waals surface area contributed by atoms with Gasteiger partial charge >= 0.3 is 5.97 Å². The maximum absolute atomic E-state index is 11.9. The first kappa shape index (κ1) is 16.0. The number of hydrogen-bond acceptors (Lipinski definition) is 4. The number of carbonyl (C=O) groups is 3. The number of hydrogen-bond donors (Lipinski definition) is 1. The lowest BCUT2D eigenvalue weighted by atomic mass is 10.1. The van der Waals surface area contributed by atoms with Crippen LogP contribution in [0, 0.1) is 0 Å². The SMILES string of the molecule is COC(=O)c1ccc(C(=O)NCCC(=O)N2CCCC2)cc1. The number of esters is 1. The highest BCUT2D eigenvalue weighted by Gasteiger charge is 2.17. The average Bonchev–Trinajstić information content (AvgIpc) is 3.08. The molecule has 0 aromatic heterocycles. The molecule has 2 rings (SSSR count). The highest BCUT2D eigenvalue weighted by molar-refractivity contribution is 5.96. The van der Waals surface area contributed by atoms with Crippen molar-refractivity contribution in [2.24, 2.45) is 0 Å². The summed E-state index contributed by atoms with van der Waals surface area (Å²) in [7, 11) is 1.31. The van der Waals surface area contributed by atoms with Crippen LogP contribution in [0.3, 0.4) is 0 Å². The molecule has 0 radical (unpaired) electrons. The maximum atomic E-state index is 11.9. The van der Waals surface area contributed by atoms with Gasteiger partial charge in [0, 0.05) is 31.6 Å². The van der Waals surface area contributed by atoms with E-state index in [-0.39, 0.29) is 11.8 Å². The van der Waals surface area contributed by atoms with Crippen LogP contribution < -0.4 is 5.32 Å². The lowest BCUT2D eigenvalue weighted by molar-refractivity contribution is -0.129. The summed E-state index contributed by atoms with van der Waals surface area (Å²) in [6.07, 6.45) is 2.43. The standard InChI is InChI=1S/C16H20N2O4/c1-22-16(21)13-6-4-12(5-7-13)15(20)17-9-8-14(19)18-10-2-3-11-18/h4-7H,2-3,8-11H2,1H3,(H,17,20). The Labute approximate surface area is 129 Å². The number of amides is 2. The highest BCUT2D eigenvalue weighted by Crippen LogP contribution is 2.09. The van der Waals surface area contributed by atoms with Crippen molar-refractivity contribution in [2.75, 3.05) is 26.7 Å². The Morgan fingerprint density at radius 2 is 1.68 bits per heavy atom. The molecule has 6 heteroatoms. The lowest BCUT2D eigenvalue weighted by Gasteiger charge is -2.15. The highest BCUT2D eigenvalue weighted by atomic mass is 16.5. The molecule has 1 fully saturated rings. The number of ether oxygens (including phenoxy) is 1. The molecule has 1 aliphatic heterocycles. The van der Waals surface area contributed by atoms with Crippen molar-refractivity contribution in [1.82, 2.24) is 10.2 Å². The van der Waals surface area contributed by atoms with Crippen LogP contribution in [0.15, 0.2) is 24.3 Å². The molecule has 22 heavy (non-hydrogen) atoms. The summed E-state index contributed by atoms with van der Waals surface area (Å²) in [5.41, 5.74) is 0.838. The van der Waals surface area contributed by atoms with Gasteiger partial charge in [-0.25, -0.2) is 4.79 Å². The molecule has 0 saturated carbocycles. The van der Waals surface area contributed by atoms with Gasteiger partial charge in [0.1, 0.15) is 0 Å². The van der Waals surface area contributed by atoms with Crippen LogP contribution in [0.1, 0.15) is 40.0 Å². The lowest BCUT2D eigenvalue weighted by Crippen LogP contribution is -2.32. The molecular weight excluding hydrogens is 284 g/mol. The van der Waals surface area contributed by atoms with E-state index in [0.717, 1.165) is 25.9 Å². The van der Waals surface area contributed by atoms with Gasteiger partial charge in [0.2, 0.25) is 5.91 Å². The van der Waals surface area contributed by atoms with E-state index in [0.29, 0.717) is 24.1 Å². The van der Waals surface area contributed by atoms with Crippen LogP contribution in [0.5, 0.6) is 0 Å². The summed E-state index contributed by atoms with van der Waals surface area (Å²) in [5, 5.41) is 2.71. The Hall–Kier alpha value is -2.37. The fraction of sp³-hybridized carbons (Fsp3) is 0.438. The molecule has 1 aliphatic rings. The number of methoxy groups -OCH3 is 1. The van der Waals surface area contributed by atoms with E-state index in [1.54, 1.807) is 12.1 Å². The molecule has 1 N–H and O–H groups in total. The van der Waals surface area contributed by atoms with Gasteiger partial charge < -0.3 is 15.0 Å². The number of carbonyl (C=O) groups excluding carboxylic acids is 3. The molecule has 1 heterocycles.